The summed E-state index contributed by atoms with van der Waals surface area (Å²) in [6.07, 6.45) is 0. The van der Waals surface area contributed by atoms with Crippen molar-refractivity contribution in [3.05, 3.63) is 6.15 Å². The predicted octanol–water partition coefficient (Wildman–Crippen LogP) is -1.59. The van der Waals surface area contributed by atoms with E-state index in [-0.39, 0.29) is 33.9 Å². The van der Waals surface area contributed by atoms with Gasteiger partial charge in [-0.05, 0) is 0 Å². The second-order valence-electron chi connectivity index (χ2n) is 0.448. The zero-order chi connectivity index (χ0) is 4.50. The molecule has 0 rings (SSSR count). The van der Waals surface area contributed by atoms with Gasteiger partial charge in [0.25, 0.3) is 0 Å². The van der Waals surface area contributed by atoms with Gasteiger partial charge in [0.2, 0.25) is 0 Å². The van der Waals surface area contributed by atoms with E-state index in [2.05, 4.69) is 0 Å². The van der Waals surface area contributed by atoms with E-state index < -0.39 is 10.4 Å². The average molecular weight is 209 g/mol. The molecule has 0 atom stereocenters. The first kappa shape index (κ1) is 34.8. The van der Waals surface area contributed by atoms with Crippen LogP contribution >= 0.6 is 0 Å². The van der Waals surface area contributed by atoms with Crippen LogP contribution in [0.4, 0.5) is 0 Å². The number of rotatable bonds is 0. The normalized spacial score (nSPS) is 6.44. The smallest absolute Gasteiger partial charge is 0.693 e. The summed E-state index contributed by atoms with van der Waals surface area (Å²) in [5.41, 5.74) is 0. The molecule has 9 heteroatoms. The van der Waals surface area contributed by atoms with Crippen LogP contribution in [0.3, 0.4) is 0 Å². The van der Waals surface area contributed by atoms with E-state index in [9.17, 15) is 0 Å². The Balaban J connectivity index is -0.0000000133. The van der Waals surface area contributed by atoms with Crippen LogP contribution < -0.4 is 0 Å². The predicted molar refractivity (Wildman–Crippen MR) is 26.7 cm³/mol. The van der Waals surface area contributed by atoms with Crippen molar-refractivity contribution in [3.63, 3.8) is 0 Å². The van der Waals surface area contributed by atoms with E-state index >= 15 is 0 Å². The van der Waals surface area contributed by atoms with E-state index in [1.165, 1.54) is 0 Å². The minimum Gasteiger partial charge on any atom is -0.693 e. The van der Waals surface area contributed by atoms with E-state index in [1.54, 1.807) is 0 Å². The first-order valence-electron chi connectivity index (χ1n) is 0.698. The molecule has 0 amide bonds. The molecule has 0 unspecified atom stereocenters. The maximum atomic E-state index is 8.74. The van der Waals surface area contributed by atoms with Crippen LogP contribution in [0.5, 0.6) is 0 Å². The van der Waals surface area contributed by atoms with Gasteiger partial charge in [-0.25, -0.2) is 0 Å². The largest absolute Gasteiger partial charge is 3.00 e. The third-order valence-electron chi connectivity index (χ3n) is 0. The molecule has 0 radical (unpaired) electrons. The first-order chi connectivity index (χ1) is 2.00. The summed E-state index contributed by atoms with van der Waals surface area (Å²) in [5.74, 6) is 0. The molecule has 0 saturated heterocycles. The zero-order valence-electron chi connectivity index (χ0n) is 4.03. The summed E-state index contributed by atoms with van der Waals surface area (Å²) < 4.78 is 31.6. The van der Waals surface area contributed by atoms with Crippen LogP contribution in [0.25, 0.3) is 6.15 Å². The molecule has 9 heavy (non-hydrogen) atoms. The third kappa shape index (κ3) is 4910. The summed E-state index contributed by atoms with van der Waals surface area (Å²) in [5, 5.41) is 0. The Hall–Kier alpha value is 0.256. The van der Waals surface area contributed by atoms with Crippen molar-refractivity contribution in [1.82, 2.24) is 0 Å². The maximum Gasteiger partial charge on any atom is 3.00 e. The van der Waals surface area contributed by atoms with Gasteiger partial charge in [-0.2, -0.15) is 8.42 Å². The Kier molecular flexibility index (Phi) is 43.0. The molecule has 0 aliphatic carbocycles. The molecule has 0 aliphatic rings. The van der Waals surface area contributed by atoms with Gasteiger partial charge < -0.3 is 17.1 Å². The van der Waals surface area contributed by atoms with E-state index in [4.69, 9.17) is 17.5 Å². The van der Waals surface area contributed by atoms with Crippen LogP contribution in [0.15, 0.2) is 0 Å². The zero-order valence-corrected chi connectivity index (χ0v) is 5.89. The second-order valence-corrected chi connectivity index (χ2v) is 1.34. The summed E-state index contributed by atoms with van der Waals surface area (Å²) in [7, 11) is -4.67. The fourth-order valence-electron chi connectivity index (χ4n) is 0. The van der Waals surface area contributed by atoms with Crippen LogP contribution in [0, 0.1) is 0 Å². The van der Waals surface area contributed by atoms with Gasteiger partial charge >= 0.3 is 27.2 Å². The van der Waals surface area contributed by atoms with Crippen molar-refractivity contribution in [2.45, 2.75) is 0 Å². The molecule has 62 valence electrons. The van der Waals surface area contributed by atoms with Gasteiger partial charge in [0.15, 0.2) is 0 Å². The molecule has 0 saturated carbocycles. The third-order valence-corrected chi connectivity index (χ3v) is 0. The van der Waals surface area contributed by atoms with Crippen molar-refractivity contribution in [1.29, 1.82) is 0 Å². The van der Waals surface area contributed by atoms with Gasteiger partial charge in [-0.3, -0.25) is 9.11 Å². The molecule has 0 aromatic heterocycles. The molecule has 0 aliphatic heterocycles. The molecule has 0 heterocycles. The average Bonchev–Trinajstić information content (AvgIpc) is 0.722. The monoisotopic (exact) mass is 209 g/mol. The topological polar surface area (TPSA) is 171 Å². The quantitative estimate of drug-likeness (QED) is 0.458. The molecule has 0 spiro atoms. The second kappa shape index (κ2) is 11.1. The minimum absolute atomic E-state index is 0. The van der Waals surface area contributed by atoms with Crippen LogP contribution in [-0.4, -0.2) is 28.5 Å². The van der Waals surface area contributed by atoms with Gasteiger partial charge in [0.1, 0.15) is 0 Å². The Morgan fingerprint density at radius 1 is 1.00 bits per heavy atom. The Labute approximate surface area is 62.4 Å². The first-order valence-corrected chi connectivity index (χ1v) is 2.10. The van der Waals surface area contributed by atoms with Gasteiger partial charge in [-0.15, -0.1) is 0 Å². The molecule has 8 N–H and O–H groups in total. The molecule has 7 nitrogen and oxygen atoms in total. The molecular formula is H8CoNO6S+2. The SMILES string of the molecule is O.O.O=S(=O)(O)O.[Co+3].[NH2-]. The Bertz CT molecular complexity index is 96.2. The summed E-state index contributed by atoms with van der Waals surface area (Å²) in [6, 6.07) is 0. The van der Waals surface area contributed by atoms with Crippen LogP contribution in [-0.2, 0) is 27.2 Å². The fourth-order valence-corrected chi connectivity index (χ4v) is 0. The number of nitrogens with two attached hydrogens (primary N) is 1. The van der Waals surface area contributed by atoms with Crippen molar-refractivity contribution in [2.24, 2.45) is 0 Å². The summed E-state index contributed by atoms with van der Waals surface area (Å²) >= 11 is 0. The van der Waals surface area contributed by atoms with Crippen LogP contribution in [0.1, 0.15) is 0 Å². The van der Waals surface area contributed by atoms with Gasteiger partial charge in [-0.1, -0.05) is 0 Å². The standard InChI is InChI=1S/Co.H2N.H2O4S.2H2O/c;;1-5(2,3)4;;/h;1H2;(H2,1,2,3,4);2*1H2/q+3;-1;;;. The molecule has 0 aromatic carbocycles. The van der Waals surface area contributed by atoms with Crippen molar-refractivity contribution in [3.8, 4) is 0 Å². The summed E-state index contributed by atoms with van der Waals surface area (Å²) in [6.45, 7) is 0. The minimum atomic E-state index is -4.67. The molecule has 0 bridgehead atoms. The maximum absolute atomic E-state index is 8.74. The van der Waals surface area contributed by atoms with Gasteiger partial charge in [0.05, 0.1) is 0 Å². The van der Waals surface area contributed by atoms with Crippen molar-refractivity contribution in [2.75, 3.05) is 0 Å². The summed E-state index contributed by atoms with van der Waals surface area (Å²) in [4.78, 5) is 0. The van der Waals surface area contributed by atoms with E-state index in [1.807, 2.05) is 0 Å². The number of hydrogen-bond acceptors (Lipinski definition) is 2. The van der Waals surface area contributed by atoms with E-state index in [0.717, 1.165) is 0 Å². The van der Waals surface area contributed by atoms with Crippen molar-refractivity contribution >= 4 is 10.4 Å². The molecular weight excluding hydrogens is 201 g/mol. The fraction of sp³-hybridized carbons (Fsp3) is 0. The number of hydrogen-bond donors (Lipinski definition) is 2. The van der Waals surface area contributed by atoms with Crippen LogP contribution in [0.2, 0.25) is 0 Å². The Morgan fingerprint density at radius 2 is 1.00 bits per heavy atom. The van der Waals surface area contributed by atoms with Gasteiger partial charge in [0, 0.05) is 0 Å². The van der Waals surface area contributed by atoms with E-state index in [0.29, 0.717) is 0 Å². The molecule has 0 aromatic rings. The Morgan fingerprint density at radius 3 is 1.00 bits per heavy atom. The van der Waals surface area contributed by atoms with Crippen molar-refractivity contribution < 1.29 is 45.3 Å². The molecule has 0 fully saturated rings.